The van der Waals surface area contributed by atoms with Crippen LogP contribution in [0.4, 0.5) is 8.78 Å². The van der Waals surface area contributed by atoms with Gasteiger partial charge in [0.1, 0.15) is 17.0 Å². The van der Waals surface area contributed by atoms with Gasteiger partial charge in [-0.2, -0.15) is 5.26 Å². The van der Waals surface area contributed by atoms with Crippen LogP contribution in [0.15, 0.2) is 18.2 Å². The van der Waals surface area contributed by atoms with Gasteiger partial charge in [0.15, 0.2) is 0 Å². The van der Waals surface area contributed by atoms with Crippen molar-refractivity contribution < 1.29 is 13.6 Å². The molecule has 0 aromatic heterocycles. The Hall–Kier alpha value is -1.96. The third kappa shape index (κ3) is 2.73. The topological polar surface area (TPSA) is 52.9 Å². The van der Waals surface area contributed by atoms with Crippen LogP contribution in [-0.4, -0.2) is 12.5 Å². The minimum Gasteiger partial charge on any atom is -0.354 e. The molecule has 1 aliphatic rings. The largest absolute Gasteiger partial charge is 0.354 e. The number of nitrogens with zero attached hydrogens (tertiary/aromatic N) is 1. The molecule has 1 aliphatic carbocycles. The van der Waals surface area contributed by atoms with E-state index in [2.05, 4.69) is 5.32 Å². The summed E-state index contributed by atoms with van der Waals surface area (Å²) in [5.74, 6) is -1.53. The summed E-state index contributed by atoms with van der Waals surface area (Å²) in [5, 5.41) is 11.6. The summed E-state index contributed by atoms with van der Waals surface area (Å²) in [5.41, 5.74) is -0.539. The van der Waals surface area contributed by atoms with Crippen LogP contribution in [-0.2, 0) is 11.2 Å². The highest BCUT2D eigenvalue weighted by molar-refractivity contribution is 5.86. The molecule has 3 nitrogen and oxygen atoms in total. The zero-order valence-electron chi connectivity index (χ0n) is 10.4. The molecule has 1 saturated carbocycles. The molecule has 1 N–H and O–H groups in total. The van der Waals surface area contributed by atoms with E-state index < -0.39 is 17.0 Å². The second-order valence-corrected chi connectivity index (χ2v) is 4.79. The number of nitrogens with one attached hydrogen (secondary N) is 1. The van der Waals surface area contributed by atoms with E-state index >= 15 is 0 Å². The third-order valence-corrected chi connectivity index (χ3v) is 3.55. The molecular formula is C14H14F2N2O. The van der Waals surface area contributed by atoms with Gasteiger partial charge in [0.2, 0.25) is 5.91 Å². The molecule has 0 saturated heterocycles. The maximum atomic E-state index is 13.3. The number of hydrogen-bond acceptors (Lipinski definition) is 2. The summed E-state index contributed by atoms with van der Waals surface area (Å²) in [6.45, 7) is 0.241. The second kappa shape index (κ2) is 5.35. The molecule has 19 heavy (non-hydrogen) atoms. The number of rotatable bonds is 4. The normalized spacial score (nSPS) is 16.3. The fourth-order valence-electron chi connectivity index (χ4n) is 2.12. The van der Waals surface area contributed by atoms with Gasteiger partial charge < -0.3 is 5.32 Å². The van der Waals surface area contributed by atoms with E-state index in [1.807, 2.05) is 6.07 Å². The first kappa shape index (κ1) is 13.5. The van der Waals surface area contributed by atoms with E-state index in [-0.39, 0.29) is 18.9 Å². The molecule has 1 aromatic rings. The molecule has 0 heterocycles. The predicted molar refractivity (Wildman–Crippen MR) is 65.0 cm³/mol. The molecular weight excluding hydrogens is 250 g/mol. The molecule has 0 aliphatic heterocycles. The summed E-state index contributed by atoms with van der Waals surface area (Å²) in [4.78, 5) is 11.8. The molecule has 0 spiro atoms. The van der Waals surface area contributed by atoms with Gasteiger partial charge in [0.25, 0.3) is 0 Å². The maximum Gasteiger partial charge on any atom is 0.240 e. The third-order valence-electron chi connectivity index (χ3n) is 3.55. The van der Waals surface area contributed by atoms with Gasteiger partial charge in [-0.05, 0) is 37.3 Å². The van der Waals surface area contributed by atoms with Crippen molar-refractivity contribution >= 4 is 5.91 Å². The fourth-order valence-corrected chi connectivity index (χ4v) is 2.12. The quantitative estimate of drug-likeness (QED) is 0.907. The van der Waals surface area contributed by atoms with Crippen LogP contribution >= 0.6 is 0 Å². The highest BCUT2D eigenvalue weighted by Gasteiger charge is 2.44. The Labute approximate surface area is 110 Å². The van der Waals surface area contributed by atoms with Crippen molar-refractivity contribution in [3.05, 3.63) is 35.4 Å². The molecule has 2 rings (SSSR count). The average Bonchev–Trinajstić information content (AvgIpc) is 2.31. The van der Waals surface area contributed by atoms with Crippen LogP contribution in [0, 0.1) is 28.4 Å². The van der Waals surface area contributed by atoms with Gasteiger partial charge in [0.05, 0.1) is 6.07 Å². The van der Waals surface area contributed by atoms with Gasteiger partial charge in [-0.15, -0.1) is 0 Å². The van der Waals surface area contributed by atoms with Gasteiger partial charge in [-0.25, -0.2) is 8.78 Å². The lowest BCUT2D eigenvalue weighted by Crippen LogP contribution is -2.45. The van der Waals surface area contributed by atoms with Gasteiger partial charge in [0, 0.05) is 12.6 Å². The van der Waals surface area contributed by atoms with Crippen molar-refractivity contribution in [3.8, 4) is 6.07 Å². The van der Waals surface area contributed by atoms with Gasteiger partial charge in [-0.3, -0.25) is 4.79 Å². The first-order chi connectivity index (χ1) is 9.07. The molecule has 0 radical (unpaired) electrons. The first-order valence-electron chi connectivity index (χ1n) is 6.21. The highest BCUT2D eigenvalue weighted by atomic mass is 19.1. The Kier molecular flexibility index (Phi) is 3.79. The lowest BCUT2D eigenvalue weighted by Gasteiger charge is -2.33. The highest BCUT2D eigenvalue weighted by Crippen LogP contribution is 2.40. The number of carbonyl (C=O) groups is 1. The van der Waals surface area contributed by atoms with Crippen LogP contribution in [0.5, 0.6) is 0 Å². The predicted octanol–water partition coefficient (Wildman–Crippen LogP) is 2.32. The lowest BCUT2D eigenvalue weighted by atomic mass is 9.69. The molecule has 1 amide bonds. The molecule has 100 valence electrons. The van der Waals surface area contributed by atoms with Crippen LogP contribution in [0.2, 0.25) is 0 Å². The number of hydrogen-bond donors (Lipinski definition) is 1. The van der Waals surface area contributed by atoms with Gasteiger partial charge in [-0.1, -0.05) is 6.07 Å². The summed E-state index contributed by atoms with van der Waals surface area (Å²) >= 11 is 0. The van der Waals surface area contributed by atoms with Crippen LogP contribution in [0.3, 0.4) is 0 Å². The SMILES string of the molecule is N#CC1(C(=O)NCCc2ccc(F)cc2F)CCC1. The van der Waals surface area contributed by atoms with Crippen LogP contribution in [0.1, 0.15) is 24.8 Å². The Bertz CT molecular complexity index is 533. The molecule has 1 fully saturated rings. The monoisotopic (exact) mass is 264 g/mol. The number of halogens is 2. The van der Waals surface area contributed by atoms with Gasteiger partial charge >= 0.3 is 0 Å². The summed E-state index contributed by atoms with van der Waals surface area (Å²) in [6.07, 6.45) is 2.33. The molecule has 0 atom stereocenters. The standard InChI is InChI=1S/C14H14F2N2O/c15-11-3-2-10(12(16)8-11)4-7-18-13(19)14(9-17)5-1-6-14/h2-3,8H,1,4-7H2,(H,18,19). The number of benzene rings is 1. The zero-order valence-corrected chi connectivity index (χ0v) is 10.4. The smallest absolute Gasteiger partial charge is 0.240 e. The van der Waals surface area contributed by atoms with Crippen molar-refractivity contribution in [1.82, 2.24) is 5.32 Å². The number of nitriles is 1. The van der Waals surface area contributed by atoms with E-state index in [4.69, 9.17) is 5.26 Å². The maximum absolute atomic E-state index is 13.3. The minimum absolute atomic E-state index is 0.241. The molecule has 0 unspecified atom stereocenters. The van der Waals surface area contributed by atoms with Crippen molar-refractivity contribution in [2.75, 3.05) is 6.54 Å². The lowest BCUT2D eigenvalue weighted by molar-refractivity contribution is -0.131. The number of amides is 1. The summed E-state index contributed by atoms with van der Waals surface area (Å²) in [7, 11) is 0. The minimum atomic E-state index is -0.888. The fraction of sp³-hybridized carbons (Fsp3) is 0.429. The Morgan fingerprint density at radius 2 is 2.16 bits per heavy atom. The zero-order chi connectivity index (χ0) is 13.9. The summed E-state index contributed by atoms with van der Waals surface area (Å²) in [6, 6.07) is 5.41. The van der Waals surface area contributed by atoms with E-state index in [0.29, 0.717) is 18.4 Å². The van der Waals surface area contributed by atoms with E-state index in [1.54, 1.807) is 0 Å². The summed E-state index contributed by atoms with van der Waals surface area (Å²) < 4.78 is 26.1. The van der Waals surface area contributed by atoms with Crippen molar-refractivity contribution in [2.24, 2.45) is 5.41 Å². The Morgan fingerprint density at radius 3 is 2.68 bits per heavy atom. The van der Waals surface area contributed by atoms with Crippen molar-refractivity contribution in [2.45, 2.75) is 25.7 Å². The molecule has 5 heteroatoms. The van der Waals surface area contributed by atoms with Crippen molar-refractivity contribution in [3.63, 3.8) is 0 Å². The first-order valence-corrected chi connectivity index (χ1v) is 6.21. The van der Waals surface area contributed by atoms with Crippen molar-refractivity contribution in [1.29, 1.82) is 5.26 Å². The Balaban J connectivity index is 1.87. The van der Waals surface area contributed by atoms with E-state index in [0.717, 1.165) is 12.5 Å². The molecule has 1 aromatic carbocycles. The van der Waals surface area contributed by atoms with Crippen LogP contribution < -0.4 is 5.32 Å². The average molecular weight is 264 g/mol. The molecule has 0 bridgehead atoms. The van der Waals surface area contributed by atoms with E-state index in [1.165, 1.54) is 12.1 Å². The second-order valence-electron chi connectivity index (χ2n) is 4.79. The van der Waals surface area contributed by atoms with Crippen LogP contribution in [0.25, 0.3) is 0 Å². The number of carbonyl (C=O) groups excluding carboxylic acids is 1. The van der Waals surface area contributed by atoms with E-state index in [9.17, 15) is 13.6 Å². The Morgan fingerprint density at radius 1 is 1.42 bits per heavy atom.